The highest BCUT2D eigenvalue weighted by atomic mass is 16.5. The van der Waals surface area contributed by atoms with Gasteiger partial charge in [-0.3, -0.25) is 10.6 Å². The number of carbonyl (C=O) groups is 1. The van der Waals surface area contributed by atoms with E-state index >= 15 is 0 Å². The highest BCUT2D eigenvalue weighted by molar-refractivity contribution is 5.75. The number of rotatable bonds is 4. The van der Waals surface area contributed by atoms with Crippen molar-refractivity contribution in [1.29, 1.82) is 0 Å². The second-order valence-corrected chi connectivity index (χ2v) is 3.18. The summed E-state index contributed by atoms with van der Waals surface area (Å²) in [4.78, 5) is 11.1. The summed E-state index contributed by atoms with van der Waals surface area (Å²) in [5, 5.41) is 0. The van der Waals surface area contributed by atoms with E-state index in [1.807, 2.05) is 24.3 Å². The van der Waals surface area contributed by atoms with E-state index in [4.69, 9.17) is 11.6 Å². The summed E-state index contributed by atoms with van der Waals surface area (Å²) in [6.45, 7) is 0. The standard InChI is InChI=1S/C10H15N3O2/c1-15-10(14)9(11)6-7-3-2-4-8(5-7)13-12/h2-5,9,13H,6,11-12H2,1H3/t9-/m1/s1. The van der Waals surface area contributed by atoms with Crippen LogP contribution in [0.25, 0.3) is 0 Å². The maximum atomic E-state index is 11.1. The number of nitrogens with two attached hydrogens (primary N) is 2. The molecule has 0 spiro atoms. The Morgan fingerprint density at radius 2 is 2.33 bits per heavy atom. The summed E-state index contributed by atoms with van der Waals surface area (Å²) in [6.07, 6.45) is 0.433. The summed E-state index contributed by atoms with van der Waals surface area (Å²) in [5.74, 6) is 4.85. The van der Waals surface area contributed by atoms with Crippen LogP contribution in [-0.4, -0.2) is 19.1 Å². The molecule has 0 aliphatic heterocycles. The molecule has 0 saturated heterocycles. The van der Waals surface area contributed by atoms with Gasteiger partial charge in [-0.1, -0.05) is 12.1 Å². The molecular formula is C10H15N3O2. The monoisotopic (exact) mass is 209 g/mol. The molecule has 0 amide bonds. The number of methoxy groups -OCH3 is 1. The van der Waals surface area contributed by atoms with Gasteiger partial charge in [0.05, 0.1) is 7.11 Å². The molecule has 5 nitrogen and oxygen atoms in total. The van der Waals surface area contributed by atoms with Crippen LogP contribution in [0.1, 0.15) is 5.56 Å². The van der Waals surface area contributed by atoms with Crippen molar-refractivity contribution in [2.24, 2.45) is 11.6 Å². The zero-order valence-corrected chi connectivity index (χ0v) is 8.57. The minimum atomic E-state index is -0.636. The van der Waals surface area contributed by atoms with Gasteiger partial charge in [-0.2, -0.15) is 0 Å². The van der Waals surface area contributed by atoms with Crippen LogP contribution in [0.3, 0.4) is 0 Å². The Bertz CT molecular complexity index is 341. The topological polar surface area (TPSA) is 90.4 Å². The first kappa shape index (κ1) is 11.5. The van der Waals surface area contributed by atoms with Crippen molar-refractivity contribution < 1.29 is 9.53 Å². The molecule has 1 aromatic carbocycles. The average Bonchev–Trinajstić information content (AvgIpc) is 2.28. The highest BCUT2D eigenvalue weighted by Crippen LogP contribution is 2.10. The second-order valence-electron chi connectivity index (χ2n) is 3.18. The molecular weight excluding hydrogens is 194 g/mol. The molecule has 0 bridgehead atoms. The van der Waals surface area contributed by atoms with Gasteiger partial charge in [0.15, 0.2) is 0 Å². The normalized spacial score (nSPS) is 11.9. The van der Waals surface area contributed by atoms with Crippen molar-refractivity contribution in [3.63, 3.8) is 0 Å². The predicted octanol–water partition coefficient (Wildman–Crippen LogP) is 0.0150. The molecule has 0 radical (unpaired) electrons. The molecule has 0 aliphatic carbocycles. The Labute approximate surface area is 88.4 Å². The third kappa shape index (κ3) is 3.23. The number of nitrogens with one attached hydrogen (secondary N) is 1. The summed E-state index contributed by atoms with van der Waals surface area (Å²) in [5.41, 5.74) is 9.87. The molecule has 1 aromatic rings. The Morgan fingerprint density at radius 3 is 2.93 bits per heavy atom. The minimum absolute atomic E-state index is 0.416. The van der Waals surface area contributed by atoms with Crippen LogP contribution in [0, 0.1) is 0 Å². The van der Waals surface area contributed by atoms with Crippen LogP contribution in [-0.2, 0) is 16.0 Å². The van der Waals surface area contributed by atoms with Crippen LogP contribution in [0.4, 0.5) is 5.69 Å². The smallest absolute Gasteiger partial charge is 0.322 e. The number of hydrogen-bond donors (Lipinski definition) is 3. The van der Waals surface area contributed by atoms with Gasteiger partial charge in [-0.05, 0) is 24.1 Å². The molecule has 0 heterocycles. The lowest BCUT2D eigenvalue weighted by atomic mass is 10.1. The van der Waals surface area contributed by atoms with E-state index < -0.39 is 12.0 Å². The zero-order valence-electron chi connectivity index (χ0n) is 8.57. The van der Waals surface area contributed by atoms with Gasteiger partial charge in [0, 0.05) is 5.69 Å². The molecule has 15 heavy (non-hydrogen) atoms. The van der Waals surface area contributed by atoms with Crippen LogP contribution < -0.4 is 17.0 Å². The lowest BCUT2D eigenvalue weighted by Crippen LogP contribution is -2.33. The quantitative estimate of drug-likeness (QED) is 0.369. The molecule has 0 aliphatic rings. The molecule has 0 unspecified atom stereocenters. The third-order valence-corrected chi connectivity index (χ3v) is 2.05. The van der Waals surface area contributed by atoms with Gasteiger partial charge < -0.3 is 15.9 Å². The summed E-state index contributed by atoms with van der Waals surface area (Å²) >= 11 is 0. The first-order chi connectivity index (χ1) is 7.17. The number of esters is 1. The number of carbonyl (C=O) groups excluding carboxylic acids is 1. The van der Waals surface area contributed by atoms with Crippen LogP contribution >= 0.6 is 0 Å². The molecule has 1 rings (SSSR count). The summed E-state index contributed by atoms with van der Waals surface area (Å²) in [6, 6.07) is 6.75. The molecule has 0 saturated carbocycles. The fraction of sp³-hybridized carbons (Fsp3) is 0.300. The van der Waals surface area contributed by atoms with Gasteiger partial charge in [0.25, 0.3) is 0 Å². The largest absolute Gasteiger partial charge is 0.468 e. The van der Waals surface area contributed by atoms with Crippen LogP contribution in [0.5, 0.6) is 0 Å². The van der Waals surface area contributed by atoms with Crippen molar-refractivity contribution in [3.05, 3.63) is 29.8 Å². The lowest BCUT2D eigenvalue weighted by molar-refractivity contribution is -0.142. The number of hydrogen-bond acceptors (Lipinski definition) is 5. The zero-order chi connectivity index (χ0) is 11.3. The van der Waals surface area contributed by atoms with Crippen LogP contribution in [0.15, 0.2) is 24.3 Å². The maximum absolute atomic E-state index is 11.1. The van der Waals surface area contributed by atoms with Crippen molar-refractivity contribution in [3.8, 4) is 0 Å². The first-order valence-corrected chi connectivity index (χ1v) is 4.56. The van der Waals surface area contributed by atoms with Gasteiger partial charge in [-0.25, -0.2) is 0 Å². The molecule has 5 heteroatoms. The maximum Gasteiger partial charge on any atom is 0.322 e. The number of anilines is 1. The number of benzene rings is 1. The van der Waals surface area contributed by atoms with Crippen molar-refractivity contribution in [1.82, 2.24) is 0 Å². The predicted molar refractivity (Wildman–Crippen MR) is 57.9 cm³/mol. The van der Waals surface area contributed by atoms with E-state index in [1.165, 1.54) is 7.11 Å². The highest BCUT2D eigenvalue weighted by Gasteiger charge is 2.13. The van der Waals surface area contributed by atoms with Crippen molar-refractivity contribution in [2.75, 3.05) is 12.5 Å². The fourth-order valence-corrected chi connectivity index (χ4v) is 1.28. The molecule has 0 aromatic heterocycles. The van der Waals surface area contributed by atoms with E-state index in [1.54, 1.807) is 0 Å². The van der Waals surface area contributed by atoms with Crippen LogP contribution in [0.2, 0.25) is 0 Å². The van der Waals surface area contributed by atoms with Gasteiger partial charge >= 0.3 is 5.97 Å². The molecule has 0 fully saturated rings. The Hall–Kier alpha value is -1.59. The number of ether oxygens (including phenoxy) is 1. The number of hydrazine groups is 1. The average molecular weight is 209 g/mol. The van der Waals surface area contributed by atoms with Crippen molar-refractivity contribution in [2.45, 2.75) is 12.5 Å². The van der Waals surface area contributed by atoms with E-state index in [9.17, 15) is 4.79 Å². The van der Waals surface area contributed by atoms with E-state index in [-0.39, 0.29) is 0 Å². The SMILES string of the molecule is COC(=O)[C@H](N)Cc1cccc(NN)c1. The summed E-state index contributed by atoms with van der Waals surface area (Å²) in [7, 11) is 1.32. The second kappa shape index (κ2) is 5.33. The Balaban J connectivity index is 2.67. The minimum Gasteiger partial charge on any atom is -0.468 e. The number of nitrogen functional groups attached to an aromatic ring is 1. The van der Waals surface area contributed by atoms with E-state index in [0.717, 1.165) is 11.3 Å². The van der Waals surface area contributed by atoms with Gasteiger partial charge in [-0.15, -0.1) is 0 Å². The molecule has 1 atom stereocenters. The van der Waals surface area contributed by atoms with Gasteiger partial charge in [0.2, 0.25) is 0 Å². The van der Waals surface area contributed by atoms with E-state index in [0.29, 0.717) is 6.42 Å². The first-order valence-electron chi connectivity index (χ1n) is 4.56. The Kier molecular flexibility index (Phi) is 4.08. The third-order valence-electron chi connectivity index (χ3n) is 2.05. The van der Waals surface area contributed by atoms with Crippen molar-refractivity contribution >= 4 is 11.7 Å². The lowest BCUT2D eigenvalue weighted by Gasteiger charge is -2.09. The Morgan fingerprint density at radius 1 is 1.60 bits per heavy atom. The van der Waals surface area contributed by atoms with Gasteiger partial charge in [0.1, 0.15) is 6.04 Å². The van der Waals surface area contributed by atoms with E-state index in [2.05, 4.69) is 10.2 Å². The molecule has 5 N–H and O–H groups in total. The summed E-state index contributed by atoms with van der Waals surface area (Å²) < 4.78 is 4.54. The fourth-order valence-electron chi connectivity index (χ4n) is 1.28. The molecule has 82 valence electrons.